The number of nitrogens with one attached hydrogen (secondary N) is 1. The van der Waals surface area contributed by atoms with Crippen molar-refractivity contribution in [1.29, 1.82) is 0 Å². The molecule has 1 heterocycles. The minimum Gasteiger partial charge on any atom is -0.497 e. The van der Waals surface area contributed by atoms with Gasteiger partial charge >= 0.3 is 5.97 Å². The van der Waals surface area contributed by atoms with Crippen molar-refractivity contribution in [3.63, 3.8) is 0 Å². The average Bonchev–Trinajstić information content (AvgIpc) is 2.72. The highest BCUT2D eigenvalue weighted by molar-refractivity contribution is 6.30. The monoisotopic (exact) mass is 417 g/mol. The number of amides is 1. The first-order valence-corrected chi connectivity index (χ1v) is 9.89. The molecule has 0 saturated carbocycles. The lowest BCUT2D eigenvalue weighted by molar-refractivity contribution is -0.144. The summed E-state index contributed by atoms with van der Waals surface area (Å²) in [5.41, 5.74) is 1.66. The predicted octanol–water partition coefficient (Wildman–Crippen LogP) is 3.71. The number of ether oxygens (including phenoxy) is 3. The molecule has 0 radical (unpaired) electrons. The summed E-state index contributed by atoms with van der Waals surface area (Å²) in [5.74, 6) is 0.450. The summed E-state index contributed by atoms with van der Waals surface area (Å²) in [5, 5.41) is 3.58. The molecule has 29 heavy (non-hydrogen) atoms. The van der Waals surface area contributed by atoms with Gasteiger partial charge in [0.1, 0.15) is 18.1 Å². The zero-order valence-electron chi connectivity index (χ0n) is 16.4. The average molecular weight is 418 g/mol. The maximum atomic E-state index is 13.0. The smallest absolute Gasteiger partial charge is 0.308 e. The van der Waals surface area contributed by atoms with Gasteiger partial charge in [-0.2, -0.15) is 0 Å². The van der Waals surface area contributed by atoms with E-state index in [9.17, 15) is 9.59 Å². The van der Waals surface area contributed by atoms with E-state index in [-0.39, 0.29) is 37.4 Å². The Kier molecular flexibility index (Phi) is 6.99. The maximum Gasteiger partial charge on any atom is 0.308 e. The lowest BCUT2D eigenvalue weighted by atomic mass is 9.95. The van der Waals surface area contributed by atoms with Crippen LogP contribution in [0, 0.1) is 5.92 Å². The van der Waals surface area contributed by atoms with Crippen molar-refractivity contribution < 1.29 is 23.8 Å². The van der Waals surface area contributed by atoms with Crippen molar-refractivity contribution in [3.05, 3.63) is 58.6 Å². The van der Waals surface area contributed by atoms with Crippen LogP contribution in [0.2, 0.25) is 5.02 Å². The number of fused-ring (bicyclic) bond motifs is 1. The Morgan fingerprint density at radius 3 is 2.86 bits per heavy atom. The van der Waals surface area contributed by atoms with Crippen molar-refractivity contribution in [2.45, 2.75) is 25.8 Å². The molecule has 0 bridgehead atoms. The molecular formula is C22H24ClNO5. The van der Waals surface area contributed by atoms with Gasteiger partial charge in [0.25, 0.3) is 0 Å². The van der Waals surface area contributed by atoms with Crippen molar-refractivity contribution in [1.82, 2.24) is 5.32 Å². The molecule has 0 aliphatic carbocycles. The van der Waals surface area contributed by atoms with E-state index >= 15 is 0 Å². The molecular weight excluding hydrogens is 394 g/mol. The van der Waals surface area contributed by atoms with Gasteiger partial charge in [-0.3, -0.25) is 9.59 Å². The normalized spacial score (nSPS) is 16.2. The molecule has 1 aliphatic heterocycles. The van der Waals surface area contributed by atoms with Gasteiger partial charge in [-0.25, -0.2) is 0 Å². The van der Waals surface area contributed by atoms with Crippen LogP contribution < -0.4 is 14.8 Å². The first-order valence-electron chi connectivity index (χ1n) is 9.51. The van der Waals surface area contributed by atoms with Crippen LogP contribution in [0.25, 0.3) is 0 Å². The molecule has 2 aromatic carbocycles. The van der Waals surface area contributed by atoms with Crippen LogP contribution in [0.4, 0.5) is 0 Å². The summed E-state index contributed by atoms with van der Waals surface area (Å²) in [6, 6.07) is 12.1. The first-order chi connectivity index (χ1) is 14.0. The van der Waals surface area contributed by atoms with Gasteiger partial charge in [0.2, 0.25) is 5.91 Å². The lowest BCUT2D eigenvalue weighted by Crippen LogP contribution is -2.40. The summed E-state index contributed by atoms with van der Waals surface area (Å²) in [4.78, 5) is 25.1. The van der Waals surface area contributed by atoms with Gasteiger partial charge in [0.15, 0.2) is 0 Å². The van der Waals surface area contributed by atoms with Crippen LogP contribution in [0.15, 0.2) is 42.5 Å². The molecule has 3 rings (SSSR count). The van der Waals surface area contributed by atoms with Crippen LogP contribution in [0.3, 0.4) is 0 Å². The van der Waals surface area contributed by atoms with Gasteiger partial charge in [-0.1, -0.05) is 23.7 Å². The Morgan fingerprint density at radius 2 is 2.10 bits per heavy atom. The molecule has 0 aromatic heterocycles. The highest BCUT2D eigenvalue weighted by Gasteiger charge is 2.29. The Balaban J connectivity index is 1.76. The fourth-order valence-corrected chi connectivity index (χ4v) is 3.51. The summed E-state index contributed by atoms with van der Waals surface area (Å²) < 4.78 is 16.1. The number of methoxy groups -OCH3 is 1. The highest BCUT2D eigenvalue weighted by Crippen LogP contribution is 2.30. The molecule has 154 valence electrons. The van der Waals surface area contributed by atoms with E-state index in [1.807, 2.05) is 30.3 Å². The molecule has 6 nitrogen and oxygen atoms in total. The lowest BCUT2D eigenvalue weighted by Gasteiger charge is -2.27. The van der Waals surface area contributed by atoms with Crippen LogP contribution >= 0.6 is 11.6 Å². The van der Waals surface area contributed by atoms with E-state index in [2.05, 4.69) is 5.32 Å². The van der Waals surface area contributed by atoms with Gasteiger partial charge in [0.05, 0.1) is 32.1 Å². The fourth-order valence-electron chi connectivity index (χ4n) is 3.32. The third-order valence-electron chi connectivity index (χ3n) is 4.79. The minimum atomic E-state index is -0.530. The number of carbonyl (C=O) groups is 2. The Bertz CT molecular complexity index is 885. The van der Waals surface area contributed by atoms with Crippen LogP contribution in [0.5, 0.6) is 11.5 Å². The van der Waals surface area contributed by atoms with Crippen molar-refractivity contribution in [2.75, 3.05) is 20.3 Å². The third kappa shape index (κ3) is 5.41. The maximum absolute atomic E-state index is 13.0. The van der Waals surface area contributed by atoms with Gasteiger partial charge < -0.3 is 19.5 Å². The van der Waals surface area contributed by atoms with E-state index in [1.54, 1.807) is 26.2 Å². The Labute approximate surface area is 175 Å². The number of esters is 1. The molecule has 2 unspecified atom stereocenters. The first kappa shape index (κ1) is 21.0. The van der Waals surface area contributed by atoms with Crippen LogP contribution in [-0.4, -0.2) is 32.2 Å². The second-order valence-corrected chi connectivity index (χ2v) is 7.25. The van der Waals surface area contributed by atoms with E-state index in [0.717, 1.165) is 16.9 Å². The minimum absolute atomic E-state index is 0.0305. The molecule has 1 N–H and O–H groups in total. The number of benzene rings is 2. The van der Waals surface area contributed by atoms with E-state index < -0.39 is 6.04 Å². The largest absolute Gasteiger partial charge is 0.497 e. The molecule has 0 fully saturated rings. The number of carbonyl (C=O) groups excluding carboxylic acids is 2. The van der Waals surface area contributed by atoms with Crippen LogP contribution in [0.1, 0.15) is 30.5 Å². The summed E-state index contributed by atoms with van der Waals surface area (Å²) in [6.07, 6.45) is 0.550. The van der Waals surface area contributed by atoms with Crippen molar-refractivity contribution >= 4 is 23.5 Å². The Hall–Kier alpha value is -2.73. The predicted molar refractivity (Wildman–Crippen MR) is 109 cm³/mol. The van der Waals surface area contributed by atoms with E-state index in [4.69, 9.17) is 25.8 Å². The van der Waals surface area contributed by atoms with Gasteiger partial charge in [-0.15, -0.1) is 0 Å². The second-order valence-electron chi connectivity index (χ2n) is 6.81. The summed E-state index contributed by atoms with van der Waals surface area (Å²) in [7, 11) is 1.57. The molecule has 0 saturated heterocycles. The quantitative estimate of drug-likeness (QED) is 0.695. The number of halogens is 1. The van der Waals surface area contributed by atoms with Crippen LogP contribution in [-0.2, 0) is 20.7 Å². The molecule has 1 amide bonds. The molecule has 2 aromatic rings. The Morgan fingerprint density at radius 1 is 1.28 bits per heavy atom. The number of rotatable bonds is 7. The highest BCUT2D eigenvalue weighted by atomic mass is 35.5. The van der Waals surface area contributed by atoms with E-state index in [0.29, 0.717) is 17.2 Å². The number of hydrogen-bond donors (Lipinski definition) is 1. The SMILES string of the molecule is CCOC(=O)CC(NC(=O)C1COc2ccc(Cl)cc2C1)c1cccc(OC)c1. The molecule has 1 aliphatic rings. The number of hydrogen-bond acceptors (Lipinski definition) is 5. The molecule has 2 atom stereocenters. The summed E-state index contributed by atoms with van der Waals surface area (Å²) in [6.45, 7) is 2.30. The standard InChI is InChI=1S/C22H24ClNO5/c1-3-28-21(25)12-19(14-5-4-6-18(11-14)27-2)24-22(26)16-9-15-10-17(23)7-8-20(15)29-13-16/h4-8,10-11,16,19H,3,9,12-13H2,1-2H3,(H,24,26). The summed E-state index contributed by atoms with van der Waals surface area (Å²) >= 11 is 6.06. The topological polar surface area (TPSA) is 73.9 Å². The fraction of sp³-hybridized carbons (Fsp3) is 0.364. The van der Waals surface area contributed by atoms with Gasteiger partial charge in [0, 0.05) is 5.02 Å². The zero-order chi connectivity index (χ0) is 20.8. The van der Waals surface area contributed by atoms with Gasteiger partial charge in [-0.05, 0) is 54.8 Å². The molecule has 0 spiro atoms. The van der Waals surface area contributed by atoms with E-state index in [1.165, 1.54) is 0 Å². The third-order valence-corrected chi connectivity index (χ3v) is 5.02. The molecule has 7 heteroatoms. The zero-order valence-corrected chi connectivity index (χ0v) is 17.2. The second kappa shape index (κ2) is 9.65. The van der Waals surface area contributed by atoms with Crippen molar-refractivity contribution in [2.24, 2.45) is 5.92 Å². The van der Waals surface area contributed by atoms with Crippen molar-refractivity contribution in [3.8, 4) is 11.5 Å².